The van der Waals surface area contributed by atoms with Gasteiger partial charge in [0.25, 0.3) is 0 Å². The molecule has 0 amide bonds. The fourth-order valence-corrected chi connectivity index (χ4v) is 0.705. The lowest BCUT2D eigenvalue weighted by molar-refractivity contribution is 0.0937. The smallest absolute Gasteiger partial charge is 0.0894 e. The number of hydrogen-bond donors (Lipinski definition) is 3. The van der Waals surface area contributed by atoms with Gasteiger partial charge in [0.2, 0.25) is 0 Å². The zero-order chi connectivity index (χ0) is 8.69. The molecular weight excluding hydrogens is 142 g/mol. The molecule has 11 heavy (non-hydrogen) atoms. The Morgan fingerprint density at radius 2 is 2.00 bits per heavy atom. The van der Waals surface area contributed by atoms with Gasteiger partial charge in [-0.25, -0.2) is 0 Å². The van der Waals surface area contributed by atoms with Crippen LogP contribution in [0, 0.1) is 5.92 Å². The Balaban J connectivity index is 3.13. The SMILES string of the molecule is CCC(C)CNC[C@@H](O)CO. The molecule has 0 bridgehead atoms. The van der Waals surface area contributed by atoms with Crippen LogP contribution in [0.25, 0.3) is 0 Å². The van der Waals surface area contributed by atoms with E-state index in [0.717, 1.165) is 13.0 Å². The van der Waals surface area contributed by atoms with E-state index in [-0.39, 0.29) is 6.61 Å². The molecule has 0 aromatic rings. The molecule has 0 rings (SSSR count). The lowest BCUT2D eigenvalue weighted by Gasteiger charge is -2.12. The Hall–Kier alpha value is -0.120. The van der Waals surface area contributed by atoms with Gasteiger partial charge >= 0.3 is 0 Å². The fraction of sp³-hybridized carbons (Fsp3) is 1.00. The third-order valence-corrected chi connectivity index (χ3v) is 1.78. The summed E-state index contributed by atoms with van der Waals surface area (Å²) in [4.78, 5) is 0. The Morgan fingerprint density at radius 3 is 2.45 bits per heavy atom. The molecule has 0 spiro atoms. The van der Waals surface area contributed by atoms with Crippen molar-refractivity contribution in [2.24, 2.45) is 5.92 Å². The summed E-state index contributed by atoms with van der Waals surface area (Å²) in [5, 5.41) is 20.5. The number of nitrogens with one attached hydrogen (secondary N) is 1. The van der Waals surface area contributed by atoms with Crippen molar-refractivity contribution in [2.75, 3.05) is 19.7 Å². The number of aliphatic hydroxyl groups excluding tert-OH is 2. The van der Waals surface area contributed by atoms with E-state index in [1.54, 1.807) is 0 Å². The third-order valence-electron chi connectivity index (χ3n) is 1.78. The highest BCUT2D eigenvalue weighted by atomic mass is 16.3. The molecule has 2 atom stereocenters. The van der Waals surface area contributed by atoms with E-state index >= 15 is 0 Å². The summed E-state index contributed by atoms with van der Waals surface area (Å²) in [6.07, 6.45) is 0.529. The lowest BCUT2D eigenvalue weighted by Crippen LogP contribution is -2.32. The summed E-state index contributed by atoms with van der Waals surface area (Å²) in [5.41, 5.74) is 0. The molecule has 3 nitrogen and oxygen atoms in total. The van der Waals surface area contributed by atoms with E-state index in [1.165, 1.54) is 0 Å². The summed E-state index contributed by atoms with van der Waals surface area (Å²) < 4.78 is 0. The van der Waals surface area contributed by atoms with E-state index in [0.29, 0.717) is 12.5 Å². The highest BCUT2D eigenvalue weighted by Crippen LogP contribution is 1.96. The zero-order valence-electron chi connectivity index (χ0n) is 7.38. The van der Waals surface area contributed by atoms with Crippen molar-refractivity contribution in [1.29, 1.82) is 0 Å². The largest absolute Gasteiger partial charge is 0.394 e. The summed E-state index contributed by atoms with van der Waals surface area (Å²) in [7, 11) is 0. The van der Waals surface area contributed by atoms with Crippen LogP contribution in [0.5, 0.6) is 0 Å². The molecule has 0 saturated carbocycles. The standard InChI is InChI=1S/C8H19NO2/c1-3-7(2)4-9-5-8(11)6-10/h7-11H,3-6H2,1-2H3/t7?,8-/m1/s1. The van der Waals surface area contributed by atoms with Gasteiger partial charge in [-0.2, -0.15) is 0 Å². The molecule has 0 aliphatic rings. The maximum Gasteiger partial charge on any atom is 0.0894 e. The van der Waals surface area contributed by atoms with E-state index in [4.69, 9.17) is 10.2 Å². The van der Waals surface area contributed by atoms with Crippen molar-refractivity contribution in [3.05, 3.63) is 0 Å². The molecule has 0 aliphatic carbocycles. The number of rotatable bonds is 6. The van der Waals surface area contributed by atoms with Crippen LogP contribution in [0.4, 0.5) is 0 Å². The van der Waals surface area contributed by atoms with Crippen LogP contribution >= 0.6 is 0 Å². The van der Waals surface area contributed by atoms with Crippen LogP contribution in [0.3, 0.4) is 0 Å². The van der Waals surface area contributed by atoms with Gasteiger partial charge in [-0.15, -0.1) is 0 Å². The summed E-state index contributed by atoms with van der Waals surface area (Å²) in [6, 6.07) is 0. The zero-order valence-corrected chi connectivity index (χ0v) is 7.38. The van der Waals surface area contributed by atoms with Crippen LogP contribution in [0.15, 0.2) is 0 Å². The van der Waals surface area contributed by atoms with Gasteiger partial charge in [-0.05, 0) is 12.5 Å². The first-order chi connectivity index (χ1) is 5.20. The van der Waals surface area contributed by atoms with Gasteiger partial charge in [-0.3, -0.25) is 0 Å². The van der Waals surface area contributed by atoms with Crippen molar-refractivity contribution in [2.45, 2.75) is 26.4 Å². The van der Waals surface area contributed by atoms with Gasteiger partial charge in [0.05, 0.1) is 12.7 Å². The minimum atomic E-state index is -0.612. The maximum absolute atomic E-state index is 8.93. The van der Waals surface area contributed by atoms with Crippen LogP contribution in [0.1, 0.15) is 20.3 Å². The first kappa shape index (κ1) is 10.9. The molecule has 0 radical (unpaired) electrons. The fourth-order valence-electron chi connectivity index (χ4n) is 0.705. The Morgan fingerprint density at radius 1 is 1.36 bits per heavy atom. The molecule has 0 fully saturated rings. The molecule has 3 N–H and O–H groups in total. The van der Waals surface area contributed by atoms with Gasteiger partial charge in [0, 0.05) is 6.54 Å². The van der Waals surface area contributed by atoms with E-state index in [1.807, 2.05) is 0 Å². The molecule has 0 aliphatic heterocycles. The Bertz CT molecular complexity index is 78.2. The molecule has 3 heteroatoms. The highest BCUT2D eigenvalue weighted by Gasteiger charge is 2.02. The summed E-state index contributed by atoms with van der Waals surface area (Å²) in [5.74, 6) is 0.640. The minimum absolute atomic E-state index is 0.159. The van der Waals surface area contributed by atoms with Gasteiger partial charge in [0.15, 0.2) is 0 Å². The van der Waals surface area contributed by atoms with Crippen molar-refractivity contribution >= 4 is 0 Å². The summed E-state index contributed by atoms with van der Waals surface area (Å²) in [6.45, 7) is 5.52. The van der Waals surface area contributed by atoms with Crippen molar-refractivity contribution in [3.8, 4) is 0 Å². The number of hydrogen-bond acceptors (Lipinski definition) is 3. The minimum Gasteiger partial charge on any atom is -0.394 e. The van der Waals surface area contributed by atoms with Gasteiger partial charge in [0.1, 0.15) is 0 Å². The Labute approximate surface area is 68.4 Å². The van der Waals surface area contributed by atoms with Crippen molar-refractivity contribution < 1.29 is 10.2 Å². The van der Waals surface area contributed by atoms with Gasteiger partial charge < -0.3 is 15.5 Å². The monoisotopic (exact) mass is 161 g/mol. The third kappa shape index (κ3) is 6.28. The predicted octanol–water partition coefficient (Wildman–Crippen LogP) is -0.0247. The predicted molar refractivity (Wildman–Crippen MR) is 45.4 cm³/mol. The molecular formula is C8H19NO2. The Kier molecular flexibility index (Phi) is 6.51. The number of aliphatic hydroxyl groups is 2. The average Bonchev–Trinajstić information content (AvgIpc) is 2.04. The second-order valence-electron chi connectivity index (χ2n) is 3.01. The second kappa shape index (κ2) is 6.58. The first-order valence-electron chi connectivity index (χ1n) is 4.20. The van der Waals surface area contributed by atoms with Crippen molar-refractivity contribution in [1.82, 2.24) is 5.32 Å². The molecule has 68 valence electrons. The second-order valence-corrected chi connectivity index (χ2v) is 3.01. The van der Waals surface area contributed by atoms with Crippen LogP contribution in [0.2, 0.25) is 0 Å². The topological polar surface area (TPSA) is 52.5 Å². The quantitative estimate of drug-likeness (QED) is 0.513. The first-order valence-corrected chi connectivity index (χ1v) is 4.20. The maximum atomic E-state index is 8.93. The molecule has 0 aromatic heterocycles. The molecule has 0 saturated heterocycles. The van der Waals surface area contributed by atoms with Gasteiger partial charge in [-0.1, -0.05) is 20.3 Å². The van der Waals surface area contributed by atoms with Crippen molar-refractivity contribution in [3.63, 3.8) is 0 Å². The molecule has 1 unspecified atom stereocenters. The van der Waals surface area contributed by atoms with Crippen LogP contribution in [-0.2, 0) is 0 Å². The lowest BCUT2D eigenvalue weighted by atomic mass is 10.1. The van der Waals surface area contributed by atoms with E-state index in [2.05, 4.69) is 19.2 Å². The van der Waals surface area contributed by atoms with Crippen LogP contribution in [-0.4, -0.2) is 36.0 Å². The van der Waals surface area contributed by atoms with E-state index in [9.17, 15) is 0 Å². The average molecular weight is 161 g/mol. The molecule has 0 heterocycles. The highest BCUT2D eigenvalue weighted by molar-refractivity contribution is 4.59. The van der Waals surface area contributed by atoms with E-state index < -0.39 is 6.10 Å². The normalized spacial score (nSPS) is 16.4. The molecule has 0 aromatic carbocycles. The summed E-state index contributed by atoms with van der Waals surface area (Å²) >= 11 is 0. The van der Waals surface area contributed by atoms with Crippen LogP contribution < -0.4 is 5.32 Å².